The molecule has 0 amide bonds. The van der Waals surface area contributed by atoms with Crippen LogP contribution in [0.3, 0.4) is 0 Å². The van der Waals surface area contributed by atoms with Gasteiger partial charge in [-0.1, -0.05) is 176 Å². The van der Waals surface area contributed by atoms with Crippen LogP contribution in [-0.4, -0.2) is 34.5 Å². The molecule has 318 valence electrons. The predicted octanol–water partition coefficient (Wildman–Crippen LogP) is 14.7. The molecule has 0 fully saturated rings. The van der Waals surface area contributed by atoms with E-state index in [0.29, 0.717) is 34.9 Å². The van der Waals surface area contributed by atoms with Crippen molar-refractivity contribution in [1.29, 1.82) is 0 Å². The summed E-state index contributed by atoms with van der Waals surface area (Å²) in [5.41, 5.74) is 12.0. The fourth-order valence-electron chi connectivity index (χ4n) is 9.31. The highest BCUT2D eigenvalue weighted by Crippen LogP contribution is 2.43. The topological polar surface area (TPSA) is 95.4 Å². The minimum atomic E-state index is 0.555. The van der Waals surface area contributed by atoms with Crippen LogP contribution in [0.15, 0.2) is 229 Å². The van der Waals surface area contributed by atoms with Crippen molar-refractivity contribution in [2.75, 3.05) is 0 Å². The molecule has 13 aromatic rings. The maximum atomic E-state index is 6.33. The zero-order valence-corrected chi connectivity index (χ0v) is 36.4. The summed E-state index contributed by atoms with van der Waals surface area (Å²) in [6, 6.07) is 76.5. The van der Waals surface area contributed by atoms with Gasteiger partial charge in [-0.25, -0.2) is 29.9 Å². The molecular weight excluding hydrogens is 835 g/mol. The van der Waals surface area contributed by atoms with Crippen LogP contribution in [0.4, 0.5) is 0 Å². The zero-order chi connectivity index (χ0) is 45.0. The molecule has 4 aromatic heterocycles. The molecule has 8 nitrogen and oxygen atoms in total. The third kappa shape index (κ3) is 6.78. The van der Waals surface area contributed by atoms with Crippen LogP contribution >= 0.6 is 0 Å². The van der Waals surface area contributed by atoms with Crippen molar-refractivity contribution in [3.63, 3.8) is 0 Å². The van der Waals surface area contributed by atoms with Gasteiger partial charge in [0.2, 0.25) is 0 Å². The van der Waals surface area contributed by atoms with Crippen molar-refractivity contribution in [2.24, 2.45) is 0 Å². The van der Waals surface area contributed by atoms with Gasteiger partial charge < -0.3 is 8.98 Å². The smallest absolute Gasteiger partial charge is 0.166 e. The summed E-state index contributed by atoms with van der Waals surface area (Å²) in [5, 5.41) is 4.23. The maximum absolute atomic E-state index is 6.33. The zero-order valence-electron chi connectivity index (χ0n) is 36.4. The van der Waals surface area contributed by atoms with Crippen LogP contribution in [0.25, 0.3) is 129 Å². The van der Waals surface area contributed by atoms with Crippen LogP contribution in [0.1, 0.15) is 0 Å². The molecule has 0 unspecified atom stereocenters. The van der Waals surface area contributed by atoms with Gasteiger partial charge in [0.15, 0.2) is 34.9 Å². The molecule has 0 atom stereocenters. The molecule has 0 spiro atoms. The highest BCUT2D eigenvalue weighted by Gasteiger charge is 2.24. The summed E-state index contributed by atoms with van der Waals surface area (Å²) in [7, 11) is 0. The first-order valence-electron chi connectivity index (χ1n) is 22.5. The van der Waals surface area contributed by atoms with Crippen molar-refractivity contribution >= 4 is 43.7 Å². The largest absolute Gasteiger partial charge is 0.456 e. The van der Waals surface area contributed by atoms with E-state index in [0.717, 1.165) is 93.9 Å². The minimum Gasteiger partial charge on any atom is -0.456 e. The molecule has 9 aromatic carbocycles. The van der Waals surface area contributed by atoms with Gasteiger partial charge in [-0.2, -0.15) is 0 Å². The minimum absolute atomic E-state index is 0.555. The lowest BCUT2D eigenvalue weighted by molar-refractivity contribution is 0.669. The molecule has 0 saturated carbocycles. The summed E-state index contributed by atoms with van der Waals surface area (Å²) in [6.45, 7) is 0. The molecule has 0 saturated heterocycles. The van der Waals surface area contributed by atoms with E-state index in [1.54, 1.807) is 0 Å². The number of hydrogen-bond acceptors (Lipinski definition) is 7. The van der Waals surface area contributed by atoms with E-state index in [-0.39, 0.29) is 0 Å². The Balaban J connectivity index is 1.08. The van der Waals surface area contributed by atoms with Gasteiger partial charge in [-0.3, -0.25) is 0 Å². The van der Waals surface area contributed by atoms with Crippen LogP contribution in [0, 0.1) is 0 Å². The number of aromatic nitrogens is 7. The molecular formula is C60H37N7O. The summed E-state index contributed by atoms with van der Waals surface area (Å²) in [4.78, 5) is 30.8. The highest BCUT2D eigenvalue weighted by molar-refractivity contribution is 6.12. The third-order valence-electron chi connectivity index (χ3n) is 12.5. The second kappa shape index (κ2) is 16.2. The van der Waals surface area contributed by atoms with E-state index in [4.69, 9.17) is 34.3 Å². The number of para-hydroxylation sites is 3. The number of benzene rings is 9. The van der Waals surface area contributed by atoms with Crippen molar-refractivity contribution in [3.05, 3.63) is 224 Å². The van der Waals surface area contributed by atoms with Gasteiger partial charge in [0.05, 0.1) is 16.7 Å². The molecule has 8 heteroatoms. The highest BCUT2D eigenvalue weighted by atomic mass is 16.3. The number of hydrogen-bond donors (Lipinski definition) is 0. The molecule has 0 aliphatic carbocycles. The van der Waals surface area contributed by atoms with Crippen molar-refractivity contribution in [1.82, 2.24) is 34.5 Å². The van der Waals surface area contributed by atoms with E-state index in [9.17, 15) is 0 Å². The van der Waals surface area contributed by atoms with E-state index >= 15 is 0 Å². The Hall–Kier alpha value is -9.40. The predicted molar refractivity (Wildman–Crippen MR) is 273 cm³/mol. The van der Waals surface area contributed by atoms with Crippen LogP contribution in [0.2, 0.25) is 0 Å². The Kier molecular flexibility index (Phi) is 9.31. The maximum Gasteiger partial charge on any atom is 0.166 e. The first kappa shape index (κ1) is 39.0. The number of furan rings is 1. The van der Waals surface area contributed by atoms with Crippen molar-refractivity contribution in [3.8, 4) is 85.1 Å². The van der Waals surface area contributed by atoms with Gasteiger partial charge in [-0.05, 0) is 54.1 Å². The molecule has 0 bridgehead atoms. The summed E-state index contributed by atoms with van der Waals surface area (Å²) in [6.07, 6.45) is 0. The first-order chi connectivity index (χ1) is 33.7. The Morgan fingerprint density at radius 1 is 0.265 bits per heavy atom. The monoisotopic (exact) mass is 871 g/mol. The van der Waals surface area contributed by atoms with Gasteiger partial charge in [0.25, 0.3) is 0 Å². The molecule has 0 N–H and O–H groups in total. The van der Waals surface area contributed by atoms with Gasteiger partial charge in [-0.15, -0.1) is 0 Å². The second-order valence-corrected chi connectivity index (χ2v) is 16.7. The Morgan fingerprint density at radius 3 is 1.28 bits per heavy atom. The van der Waals surface area contributed by atoms with Crippen LogP contribution in [-0.2, 0) is 0 Å². The van der Waals surface area contributed by atoms with E-state index in [1.165, 1.54) is 0 Å². The number of nitrogens with zero attached hydrogens (tertiary/aromatic N) is 7. The average molecular weight is 872 g/mol. The number of fused-ring (bicyclic) bond motifs is 6. The van der Waals surface area contributed by atoms with Gasteiger partial charge >= 0.3 is 0 Å². The Labute approximate surface area is 390 Å². The standard InChI is InChI=1S/C60H37N7O/c1-5-18-38(19-6-1)55-61-56(39-20-7-2-8-21-39)64-59(63-55)43-32-34-51-48(37-43)45-26-13-15-30-50(45)67(51)54-44(42-33-35-53-49(36-42)46-27-14-16-31-52(46)68-53)28-17-29-47(54)60-65-57(40-22-9-3-10-23-40)62-58(66-60)41-24-11-4-12-25-41/h1-37H. The summed E-state index contributed by atoms with van der Waals surface area (Å²) in [5.74, 6) is 3.54. The molecule has 68 heavy (non-hydrogen) atoms. The summed E-state index contributed by atoms with van der Waals surface area (Å²) >= 11 is 0. The molecule has 13 rings (SSSR count). The fourth-order valence-corrected chi connectivity index (χ4v) is 9.31. The fraction of sp³-hybridized carbons (Fsp3) is 0. The quantitative estimate of drug-likeness (QED) is 0.150. The second-order valence-electron chi connectivity index (χ2n) is 16.7. The van der Waals surface area contributed by atoms with Crippen molar-refractivity contribution in [2.45, 2.75) is 0 Å². The van der Waals surface area contributed by atoms with E-state index in [1.807, 2.05) is 133 Å². The third-order valence-corrected chi connectivity index (χ3v) is 12.5. The van der Waals surface area contributed by atoms with Crippen molar-refractivity contribution < 1.29 is 4.42 Å². The lowest BCUT2D eigenvalue weighted by Gasteiger charge is -2.19. The molecule has 0 radical (unpaired) electrons. The lowest BCUT2D eigenvalue weighted by Crippen LogP contribution is -2.05. The number of rotatable bonds is 8. The lowest BCUT2D eigenvalue weighted by atomic mass is 9.97. The van der Waals surface area contributed by atoms with E-state index in [2.05, 4.69) is 95.6 Å². The molecule has 4 heterocycles. The first-order valence-corrected chi connectivity index (χ1v) is 22.5. The Morgan fingerprint density at radius 2 is 0.691 bits per heavy atom. The van der Waals surface area contributed by atoms with Crippen LogP contribution in [0.5, 0.6) is 0 Å². The van der Waals surface area contributed by atoms with Gasteiger partial charge in [0, 0.05) is 60.5 Å². The Bertz CT molecular complexity index is 3900. The molecule has 0 aliphatic heterocycles. The van der Waals surface area contributed by atoms with Gasteiger partial charge in [0.1, 0.15) is 11.2 Å². The average Bonchev–Trinajstić information content (AvgIpc) is 3.96. The van der Waals surface area contributed by atoms with Crippen LogP contribution < -0.4 is 0 Å². The SMILES string of the molecule is c1ccc(-c2nc(-c3ccccc3)nc(-c3ccc4c(c3)c3ccccc3n4-c3c(-c4ccc5oc6ccccc6c5c4)cccc3-c3nc(-c4ccccc4)nc(-c4ccccc4)n3)n2)cc1. The summed E-state index contributed by atoms with van der Waals surface area (Å²) < 4.78 is 8.70. The normalized spacial score (nSPS) is 11.5. The molecule has 0 aliphatic rings. The van der Waals surface area contributed by atoms with E-state index < -0.39 is 0 Å².